The first-order valence-corrected chi connectivity index (χ1v) is 6.30. The van der Waals surface area contributed by atoms with E-state index in [9.17, 15) is 13.2 Å². The molecule has 0 saturated carbocycles. The fourth-order valence-electron chi connectivity index (χ4n) is 1.89. The standard InChI is InChI=1S/C15H12ClF3O/c1-8-5-10(12(18)7-11(8)17)15(16)9-3-4-14(20-2)13(19)6-9/h3-7,15H,1-2H3. The van der Waals surface area contributed by atoms with E-state index in [2.05, 4.69) is 0 Å². The summed E-state index contributed by atoms with van der Waals surface area (Å²) >= 11 is 6.16. The lowest BCUT2D eigenvalue weighted by Gasteiger charge is -2.13. The van der Waals surface area contributed by atoms with Crippen LogP contribution >= 0.6 is 11.6 Å². The van der Waals surface area contributed by atoms with Crippen molar-refractivity contribution in [3.8, 4) is 5.75 Å². The van der Waals surface area contributed by atoms with Gasteiger partial charge >= 0.3 is 0 Å². The maximum atomic E-state index is 13.8. The van der Waals surface area contributed by atoms with E-state index < -0.39 is 22.8 Å². The summed E-state index contributed by atoms with van der Waals surface area (Å²) in [7, 11) is 1.35. The predicted octanol–water partition coefficient (Wildman–Crippen LogP) is 4.75. The summed E-state index contributed by atoms with van der Waals surface area (Å²) in [4.78, 5) is 0. The van der Waals surface area contributed by atoms with Crippen LogP contribution < -0.4 is 4.74 Å². The molecule has 0 aromatic heterocycles. The fraction of sp³-hybridized carbons (Fsp3) is 0.200. The van der Waals surface area contributed by atoms with Crippen LogP contribution in [0.1, 0.15) is 22.1 Å². The van der Waals surface area contributed by atoms with Crippen molar-refractivity contribution in [1.82, 2.24) is 0 Å². The van der Waals surface area contributed by atoms with Gasteiger partial charge in [-0.25, -0.2) is 13.2 Å². The van der Waals surface area contributed by atoms with Crippen molar-refractivity contribution < 1.29 is 17.9 Å². The molecule has 0 aliphatic carbocycles. The van der Waals surface area contributed by atoms with Crippen LogP contribution in [0.15, 0.2) is 30.3 Å². The first-order chi connectivity index (χ1) is 9.43. The molecule has 0 bridgehead atoms. The van der Waals surface area contributed by atoms with E-state index in [1.165, 1.54) is 38.3 Å². The Bertz CT molecular complexity index is 643. The number of methoxy groups -OCH3 is 1. The van der Waals surface area contributed by atoms with Gasteiger partial charge in [0, 0.05) is 11.6 Å². The minimum atomic E-state index is -0.908. The second-order valence-corrected chi connectivity index (χ2v) is 4.82. The third kappa shape index (κ3) is 2.75. The summed E-state index contributed by atoms with van der Waals surface area (Å²) in [5.74, 6) is -1.91. The molecule has 1 unspecified atom stereocenters. The number of ether oxygens (including phenoxy) is 1. The van der Waals surface area contributed by atoms with Crippen LogP contribution in [0.25, 0.3) is 0 Å². The zero-order valence-electron chi connectivity index (χ0n) is 10.9. The fourth-order valence-corrected chi connectivity index (χ4v) is 2.20. The molecule has 2 rings (SSSR count). The third-order valence-corrected chi connectivity index (χ3v) is 3.51. The van der Waals surface area contributed by atoms with Crippen LogP contribution in [0.5, 0.6) is 5.75 Å². The number of hydrogen-bond acceptors (Lipinski definition) is 1. The molecule has 0 fully saturated rings. The maximum Gasteiger partial charge on any atom is 0.165 e. The van der Waals surface area contributed by atoms with Crippen LogP contribution in [-0.2, 0) is 0 Å². The number of rotatable bonds is 3. The average molecular weight is 301 g/mol. The van der Waals surface area contributed by atoms with Crippen molar-refractivity contribution in [2.24, 2.45) is 0 Å². The number of aryl methyl sites for hydroxylation is 1. The number of halogens is 4. The molecule has 0 N–H and O–H groups in total. The minimum Gasteiger partial charge on any atom is -0.494 e. The van der Waals surface area contributed by atoms with Crippen LogP contribution in [-0.4, -0.2) is 7.11 Å². The molecule has 1 nitrogen and oxygen atoms in total. The lowest BCUT2D eigenvalue weighted by atomic mass is 10.0. The lowest BCUT2D eigenvalue weighted by molar-refractivity contribution is 0.386. The zero-order chi connectivity index (χ0) is 14.9. The van der Waals surface area contributed by atoms with Gasteiger partial charge in [0.25, 0.3) is 0 Å². The summed E-state index contributed by atoms with van der Waals surface area (Å²) in [5.41, 5.74) is 0.756. The molecule has 106 valence electrons. The summed E-state index contributed by atoms with van der Waals surface area (Å²) in [6.07, 6.45) is 0. The average Bonchev–Trinajstić information content (AvgIpc) is 2.42. The summed E-state index contributed by atoms with van der Waals surface area (Å²) in [6.45, 7) is 1.51. The van der Waals surface area contributed by atoms with Crippen LogP contribution in [0.2, 0.25) is 0 Å². The maximum absolute atomic E-state index is 13.8. The van der Waals surface area contributed by atoms with Crippen LogP contribution in [0.3, 0.4) is 0 Å². The van der Waals surface area contributed by atoms with Crippen molar-refractivity contribution in [3.05, 3.63) is 64.5 Å². The highest BCUT2D eigenvalue weighted by Gasteiger charge is 2.18. The first-order valence-electron chi connectivity index (χ1n) is 5.87. The van der Waals surface area contributed by atoms with E-state index in [0.29, 0.717) is 5.56 Å². The van der Waals surface area contributed by atoms with E-state index >= 15 is 0 Å². The Morgan fingerprint density at radius 1 is 1.00 bits per heavy atom. The third-order valence-electron chi connectivity index (χ3n) is 3.02. The lowest BCUT2D eigenvalue weighted by Crippen LogP contribution is -2.01. The molecule has 2 aromatic carbocycles. The second-order valence-electron chi connectivity index (χ2n) is 4.38. The summed E-state index contributed by atoms with van der Waals surface area (Å²) < 4.78 is 45.4. The number of alkyl halides is 1. The Morgan fingerprint density at radius 3 is 2.30 bits per heavy atom. The number of hydrogen-bond donors (Lipinski definition) is 0. The van der Waals surface area contributed by atoms with Gasteiger partial charge in [-0.1, -0.05) is 6.07 Å². The smallest absolute Gasteiger partial charge is 0.165 e. The topological polar surface area (TPSA) is 9.23 Å². The first kappa shape index (κ1) is 14.7. The van der Waals surface area contributed by atoms with Gasteiger partial charge < -0.3 is 4.74 Å². The molecule has 0 heterocycles. The molecular formula is C15H12ClF3O. The molecule has 5 heteroatoms. The molecule has 0 radical (unpaired) electrons. The predicted molar refractivity (Wildman–Crippen MR) is 71.7 cm³/mol. The molecule has 0 saturated heterocycles. The Kier molecular flexibility index (Phi) is 4.23. The molecule has 0 amide bonds. The highest BCUT2D eigenvalue weighted by Crippen LogP contribution is 2.33. The number of benzene rings is 2. The van der Waals surface area contributed by atoms with Crippen molar-refractivity contribution in [1.29, 1.82) is 0 Å². The molecule has 2 aromatic rings. The van der Waals surface area contributed by atoms with Gasteiger partial charge in [0.1, 0.15) is 11.6 Å². The van der Waals surface area contributed by atoms with Gasteiger partial charge in [0.15, 0.2) is 11.6 Å². The molecule has 1 atom stereocenters. The molecule has 20 heavy (non-hydrogen) atoms. The van der Waals surface area contributed by atoms with Crippen molar-refractivity contribution in [3.63, 3.8) is 0 Å². The second kappa shape index (κ2) is 5.75. The van der Waals surface area contributed by atoms with E-state index in [1.807, 2.05) is 0 Å². The van der Waals surface area contributed by atoms with Crippen molar-refractivity contribution in [2.45, 2.75) is 12.3 Å². The van der Waals surface area contributed by atoms with Gasteiger partial charge in [-0.3, -0.25) is 0 Å². The van der Waals surface area contributed by atoms with Gasteiger partial charge in [-0.2, -0.15) is 0 Å². The normalized spacial score (nSPS) is 12.3. The summed E-state index contributed by atoms with van der Waals surface area (Å²) in [5, 5.41) is -0.908. The molecule has 0 aliphatic rings. The largest absolute Gasteiger partial charge is 0.494 e. The van der Waals surface area contributed by atoms with E-state index in [4.69, 9.17) is 16.3 Å². The van der Waals surface area contributed by atoms with Gasteiger partial charge in [-0.15, -0.1) is 11.6 Å². The highest BCUT2D eigenvalue weighted by atomic mass is 35.5. The van der Waals surface area contributed by atoms with E-state index in [0.717, 1.165) is 6.07 Å². The van der Waals surface area contributed by atoms with Crippen molar-refractivity contribution >= 4 is 11.6 Å². The minimum absolute atomic E-state index is 0.0772. The quantitative estimate of drug-likeness (QED) is 0.743. The van der Waals surface area contributed by atoms with E-state index in [1.54, 1.807) is 0 Å². The summed E-state index contributed by atoms with van der Waals surface area (Å²) in [6, 6.07) is 6.23. The van der Waals surface area contributed by atoms with Crippen LogP contribution in [0.4, 0.5) is 13.2 Å². The Morgan fingerprint density at radius 2 is 1.70 bits per heavy atom. The molecule has 0 aliphatic heterocycles. The molecule has 0 spiro atoms. The highest BCUT2D eigenvalue weighted by molar-refractivity contribution is 6.22. The van der Waals surface area contributed by atoms with E-state index in [-0.39, 0.29) is 16.9 Å². The Labute approximate surface area is 119 Å². The monoisotopic (exact) mass is 300 g/mol. The van der Waals surface area contributed by atoms with Gasteiger partial charge in [0.05, 0.1) is 12.5 Å². The Balaban J connectivity index is 2.43. The van der Waals surface area contributed by atoms with Gasteiger partial charge in [-0.05, 0) is 36.2 Å². The Hall–Kier alpha value is -1.68. The SMILES string of the molecule is COc1ccc(C(Cl)c2cc(C)c(F)cc2F)cc1F. The zero-order valence-corrected chi connectivity index (χ0v) is 11.6. The van der Waals surface area contributed by atoms with Gasteiger partial charge in [0.2, 0.25) is 0 Å². The molecular weight excluding hydrogens is 289 g/mol. The van der Waals surface area contributed by atoms with Crippen LogP contribution in [0, 0.1) is 24.4 Å². The van der Waals surface area contributed by atoms with Crippen molar-refractivity contribution in [2.75, 3.05) is 7.11 Å².